The maximum atomic E-state index is 12.4. The molecule has 2 aliphatic carbocycles. The average Bonchev–Trinajstić information content (AvgIpc) is 3.07. The van der Waals surface area contributed by atoms with Crippen LogP contribution in [0.4, 0.5) is 0 Å². The molecule has 0 aromatic heterocycles. The van der Waals surface area contributed by atoms with Crippen LogP contribution in [0.5, 0.6) is 0 Å². The molecule has 0 aromatic carbocycles. The van der Waals surface area contributed by atoms with Crippen molar-refractivity contribution < 1.29 is 19.1 Å². The number of hydrogen-bond donors (Lipinski definition) is 0. The fraction of sp³-hybridized carbons (Fsp3) is 0.765. The second kappa shape index (κ2) is 6.63. The summed E-state index contributed by atoms with van der Waals surface area (Å²) < 4.78 is 10.9. The van der Waals surface area contributed by atoms with Gasteiger partial charge in [-0.3, -0.25) is 9.59 Å². The van der Waals surface area contributed by atoms with Crippen LogP contribution in [0.25, 0.3) is 0 Å². The fourth-order valence-electron chi connectivity index (χ4n) is 3.19. The van der Waals surface area contributed by atoms with Crippen LogP contribution >= 0.6 is 0 Å². The molecule has 0 aromatic rings. The van der Waals surface area contributed by atoms with Gasteiger partial charge in [0.15, 0.2) is 0 Å². The van der Waals surface area contributed by atoms with Crippen molar-refractivity contribution in [3.63, 3.8) is 0 Å². The topological polar surface area (TPSA) is 52.6 Å². The number of carbonyl (C=O) groups excluding carboxylic acids is 2. The SMILES string of the molecule is CCC(C)OC(=O)C1C2C=CC(C2)C1C(=O)OC(C)CC. The Balaban J connectivity index is 2.09. The largest absolute Gasteiger partial charge is 0.462 e. The summed E-state index contributed by atoms with van der Waals surface area (Å²) in [4.78, 5) is 24.8. The van der Waals surface area contributed by atoms with Gasteiger partial charge in [-0.25, -0.2) is 0 Å². The molecule has 4 heteroatoms. The van der Waals surface area contributed by atoms with Crippen LogP contribution in [0.15, 0.2) is 12.2 Å². The van der Waals surface area contributed by atoms with E-state index in [1.165, 1.54) is 0 Å². The predicted octanol–water partition coefficient (Wildman–Crippen LogP) is 3.11. The first kappa shape index (κ1) is 16.1. The average molecular weight is 294 g/mol. The Morgan fingerprint density at radius 3 is 1.67 bits per heavy atom. The van der Waals surface area contributed by atoms with Gasteiger partial charge in [0.2, 0.25) is 0 Å². The van der Waals surface area contributed by atoms with Gasteiger partial charge in [-0.2, -0.15) is 0 Å². The van der Waals surface area contributed by atoms with Gasteiger partial charge in [0.25, 0.3) is 0 Å². The van der Waals surface area contributed by atoms with Gasteiger partial charge in [-0.1, -0.05) is 26.0 Å². The highest BCUT2D eigenvalue weighted by Gasteiger charge is 2.53. The molecule has 4 nitrogen and oxygen atoms in total. The highest BCUT2D eigenvalue weighted by atomic mass is 16.6. The molecule has 0 amide bonds. The molecule has 0 aliphatic heterocycles. The third-order valence-electron chi connectivity index (χ3n) is 4.79. The van der Waals surface area contributed by atoms with Crippen molar-refractivity contribution in [3.8, 4) is 0 Å². The lowest BCUT2D eigenvalue weighted by Crippen LogP contribution is -2.37. The van der Waals surface area contributed by atoms with Crippen molar-refractivity contribution >= 4 is 11.9 Å². The van der Waals surface area contributed by atoms with E-state index >= 15 is 0 Å². The van der Waals surface area contributed by atoms with Crippen molar-refractivity contribution in [3.05, 3.63) is 12.2 Å². The van der Waals surface area contributed by atoms with E-state index in [9.17, 15) is 9.59 Å². The van der Waals surface area contributed by atoms with Crippen LogP contribution in [-0.4, -0.2) is 24.1 Å². The number of fused-ring (bicyclic) bond motifs is 2. The molecule has 2 aliphatic rings. The van der Waals surface area contributed by atoms with Crippen molar-refractivity contribution in [2.45, 2.75) is 59.2 Å². The number of rotatable bonds is 6. The lowest BCUT2D eigenvalue weighted by atomic mass is 9.83. The molecular formula is C17H26O4. The molecule has 1 saturated carbocycles. The summed E-state index contributed by atoms with van der Waals surface area (Å²) in [6.07, 6.45) is 6.33. The van der Waals surface area contributed by atoms with E-state index in [2.05, 4.69) is 12.2 Å². The zero-order chi connectivity index (χ0) is 15.6. The highest BCUT2D eigenvalue weighted by molar-refractivity contribution is 5.84. The predicted molar refractivity (Wildman–Crippen MR) is 79.4 cm³/mol. The summed E-state index contributed by atoms with van der Waals surface area (Å²) in [5, 5.41) is 0. The van der Waals surface area contributed by atoms with Gasteiger partial charge in [-0.15, -0.1) is 0 Å². The summed E-state index contributed by atoms with van der Waals surface area (Å²) >= 11 is 0. The molecule has 2 rings (SSSR count). The second-order valence-corrected chi connectivity index (χ2v) is 6.31. The van der Waals surface area contributed by atoms with Gasteiger partial charge in [0.1, 0.15) is 0 Å². The summed E-state index contributed by atoms with van der Waals surface area (Å²) in [6, 6.07) is 0. The molecular weight excluding hydrogens is 268 g/mol. The Morgan fingerprint density at radius 2 is 1.33 bits per heavy atom. The summed E-state index contributed by atoms with van der Waals surface area (Å²) in [7, 11) is 0. The van der Waals surface area contributed by atoms with E-state index in [-0.39, 0.29) is 47.8 Å². The van der Waals surface area contributed by atoms with Gasteiger partial charge >= 0.3 is 11.9 Å². The summed E-state index contributed by atoms with van der Waals surface area (Å²) in [6.45, 7) is 7.72. The number of allylic oxidation sites excluding steroid dienone is 2. The third-order valence-corrected chi connectivity index (χ3v) is 4.79. The summed E-state index contributed by atoms with van der Waals surface area (Å²) in [5.41, 5.74) is 0. The number of ether oxygens (including phenoxy) is 2. The highest BCUT2D eigenvalue weighted by Crippen LogP contribution is 2.49. The molecule has 21 heavy (non-hydrogen) atoms. The Labute approximate surface area is 126 Å². The van der Waals surface area contributed by atoms with E-state index in [4.69, 9.17) is 9.47 Å². The van der Waals surface area contributed by atoms with E-state index in [1.54, 1.807) is 0 Å². The van der Waals surface area contributed by atoms with Crippen LogP contribution in [0.1, 0.15) is 47.0 Å². The van der Waals surface area contributed by atoms with Crippen molar-refractivity contribution in [2.75, 3.05) is 0 Å². The molecule has 1 fully saturated rings. The van der Waals surface area contributed by atoms with Crippen LogP contribution < -0.4 is 0 Å². The molecule has 6 unspecified atom stereocenters. The Bertz CT molecular complexity index is 391. The minimum absolute atomic E-state index is 0.105. The zero-order valence-corrected chi connectivity index (χ0v) is 13.4. The molecule has 0 saturated heterocycles. The normalized spacial score (nSPS) is 32.8. The standard InChI is InChI=1S/C17H26O4/c1-5-10(3)20-16(18)14-12-7-8-13(9-12)15(14)17(19)21-11(4)6-2/h7-8,10-15H,5-6,9H2,1-4H3. The Kier molecular flexibility index (Phi) is 5.07. The van der Waals surface area contributed by atoms with Gasteiger partial charge in [-0.05, 0) is 44.9 Å². The van der Waals surface area contributed by atoms with E-state index in [1.807, 2.05) is 27.7 Å². The molecule has 0 heterocycles. The van der Waals surface area contributed by atoms with Gasteiger partial charge in [0, 0.05) is 0 Å². The molecule has 0 N–H and O–H groups in total. The van der Waals surface area contributed by atoms with Crippen LogP contribution in [-0.2, 0) is 19.1 Å². The zero-order valence-electron chi connectivity index (χ0n) is 13.4. The Morgan fingerprint density at radius 1 is 0.952 bits per heavy atom. The lowest BCUT2D eigenvalue weighted by Gasteiger charge is -2.27. The van der Waals surface area contributed by atoms with Gasteiger partial charge < -0.3 is 9.47 Å². The maximum absolute atomic E-state index is 12.4. The number of carbonyl (C=O) groups is 2. The molecule has 2 bridgehead atoms. The summed E-state index contributed by atoms with van der Waals surface area (Å²) in [5.74, 6) is -0.974. The van der Waals surface area contributed by atoms with E-state index in [0.717, 1.165) is 19.3 Å². The van der Waals surface area contributed by atoms with Gasteiger partial charge in [0.05, 0.1) is 24.0 Å². The first-order valence-electron chi connectivity index (χ1n) is 8.07. The first-order valence-corrected chi connectivity index (χ1v) is 8.07. The Hall–Kier alpha value is -1.32. The molecule has 0 radical (unpaired) electrons. The first-order chi connectivity index (χ1) is 9.97. The molecule has 6 atom stereocenters. The molecule has 118 valence electrons. The van der Waals surface area contributed by atoms with Crippen LogP contribution in [0.2, 0.25) is 0 Å². The quantitative estimate of drug-likeness (QED) is 0.558. The van der Waals surface area contributed by atoms with E-state index in [0.29, 0.717) is 0 Å². The second-order valence-electron chi connectivity index (χ2n) is 6.31. The number of hydrogen-bond acceptors (Lipinski definition) is 4. The minimum atomic E-state index is -0.370. The minimum Gasteiger partial charge on any atom is -0.462 e. The van der Waals surface area contributed by atoms with Crippen LogP contribution in [0.3, 0.4) is 0 Å². The lowest BCUT2D eigenvalue weighted by molar-refractivity contribution is -0.166. The fourth-order valence-corrected chi connectivity index (χ4v) is 3.19. The molecule has 0 spiro atoms. The van der Waals surface area contributed by atoms with Crippen molar-refractivity contribution in [1.29, 1.82) is 0 Å². The van der Waals surface area contributed by atoms with Crippen molar-refractivity contribution in [2.24, 2.45) is 23.7 Å². The monoisotopic (exact) mass is 294 g/mol. The number of esters is 2. The van der Waals surface area contributed by atoms with Crippen molar-refractivity contribution in [1.82, 2.24) is 0 Å². The maximum Gasteiger partial charge on any atom is 0.310 e. The van der Waals surface area contributed by atoms with E-state index < -0.39 is 0 Å². The third kappa shape index (κ3) is 3.30. The smallest absolute Gasteiger partial charge is 0.310 e. The van der Waals surface area contributed by atoms with Crippen LogP contribution in [0, 0.1) is 23.7 Å².